The van der Waals surface area contributed by atoms with Crippen LogP contribution in [0.4, 0.5) is 21.6 Å². The Kier molecular flexibility index (Phi) is 4.09. The van der Waals surface area contributed by atoms with Crippen molar-refractivity contribution < 1.29 is 4.39 Å². The number of halogens is 2. The van der Waals surface area contributed by atoms with Crippen LogP contribution in [-0.4, -0.2) is 9.78 Å². The van der Waals surface area contributed by atoms with Gasteiger partial charge >= 0.3 is 0 Å². The quantitative estimate of drug-likeness (QED) is 0.902. The number of nitrogen functional groups attached to an aromatic ring is 1. The molecule has 0 saturated heterocycles. The maximum Gasteiger partial charge on any atom is 0.152 e. The van der Waals surface area contributed by atoms with E-state index in [9.17, 15) is 4.39 Å². The lowest BCUT2D eigenvalue weighted by molar-refractivity contribution is 0.630. The van der Waals surface area contributed by atoms with Gasteiger partial charge in [0.1, 0.15) is 5.82 Å². The van der Waals surface area contributed by atoms with E-state index < -0.39 is 0 Å². The van der Waals surface area contributed by atoms with Crippen LogP contribution in [0.1, 0.15) is 19.0 Å². The zero-order valence-corrected chi connectivity index (χ0v) is 12.5. The fourth-order valence-corrected chi connectivity index (χ4v) is 2.22. The number of aromatic nitrogens is 2. The van der Waals surface area contributed by atoms with Crippen molar-refractivity contribution in [3.63, 3.8) is 0 Å². The first kappa shape index (κ1) is 13.9. The molecular formula is C13H16BrFN4. The first-order chi connectivity index (χ1) is 9.02. The fourth-order valence-electron chi connectivity index (χ4n) is 1.88. The number of nitrogens with zero attached hydrogens (tertiary/aromatic N) is 2. The van der Waals surface area contributed by atoms with Gasteiger partial charge in [0, 0.05) is 11.5 Å². The molecule has 2 aromatic rings. The van der Waals surface area contributed by atoms with Crippen LogP contribution in [0.15, 0.2) is 22.7 Å². The molecule has 19 heavy (non-hydrogen) atoms. The average Bonchev–Trinajstić information content (AvgIpc) is 2.60. The van der Waals surface area contributed by atoms with Crippen LogP contribution in [-0.2, 0) is 13.5 Å². The maximum absolute atomic E-state index is 13.8. The molecule has 0 spiro atoms. The SMILES string of the molecule is CCCc1nn(C)c(Nc2ccc(Br)cc2F)c1N. The molecule has 0 atom stereocenters. The number of rotatable bonds is 4. The smallest absolute Gasteiger partial charge is 0.152 e. The van der Waals surface area contributed by atoms with E-state index in [0.717, 1.165) is 18.5 Å². The van der Waals surface area contributed by atoms with Crippen molar-refractivity contribution in [1.82, 2.24) is 9.78 Å². The summed E-state index contributed by atoms with van der Waals surface area (Å²) in [5, 5.41) is 7.34. The second-order valence-corrected chi connectivity index (χ2v) is 5.25. The summed E-state index contributed by atoms with van der Waals surface area (Å²) in [5.41, 5.74) is 7.83. The van der Waals surface area contributed by atoms with Crippen LogP contribution < -0.4 is 11.1 Å². The highest BCUT2D eigenvalue weighted by atomic mass is 79.9. The van der Waals surface area contributed by atoms with Gasteiger partial charge in [-0.3, -0.25) is 4.68 Å². The van der Waals surface area contributed by atoms with Gasteiger partial charge in [0.25, 0.3) is 0 Å². The normalized spacial score (nSPS) is 10.7. The maximum atomic E-state index is 13.8. The van der Waals surface area contributed by atoms with E-state index in [1.807, 2.05) is 0 Å². The third-order valence-corrected chi connectivity index (χ3v) is 3.32. The molecule has 0 aliphatic carbocycles. The van der Waals surface area contributed by atoms with E-state index >= 15 is 0 Å². The number of nitrogens with two attached hydrogens (primary N) is 1. The third-order valence-electron chi connectivity index (χ3n) is 2.83. The lowest BCUT2D eigenvalue weighted by Gasteiger charge is -2.09. The van der Waals surface area contributed by atoms with Gasteiger partial charge in [-0.05, 0) is 24.6 Å². The van der Waals surface area contributed by atoms with Gasteiger partial charge in [0.2, 0.25) is 0 Å². The predicted molar refractivity (Wildman–Crippen MR) is 79.0 cm³/mol. The van der Waals surface area contributed by atoms with Gasteiger partial charge in [-0.1, -0.05) is 29.3 Å². The van der Waals surface area contributed by atoms with Crippen molar-refractivity contribution in [2.75, 3.05) is 11.1 Å². The monoisotopic (exact) mass is 326 g/mol. The summed E-state index contributed by atoms with van der Waals surface area (Å²) in [4.78, 5) is 0. The largest absolute Gasteiger partial charge is 0.394 e. The van der Waals surface area contributed by atoms with Crippen LogP contribution >= 0.6 is 15.9 Å². The molecule has 0 fully saturated rings. The van der Waals surface area contributed by atoms with Crippen molar-refractivity contribution in [2.45, 2.75) is 19.8 Å². The number of anilines is 3. The van der Waals surface area contributed by atoms with Crippen molar-refractivity contribution in [1.29, 1.82) is 0 Å². The molecule has 0 radical (unpaired) electrons. The summed E-state index contributed by atoms with van der Waals surface area (Å²) in [5.74, 6) is 0.275. The van der Waals surface area contributed by atoms with E-state index in [2.05, 4.69) is 33.3 Å². The average molecular weight is 327 g/mol. The molecule has 3 N–H and O–H groups in total. The third kappa shape index (κ3) is 2.89. The van der Waals surface area contributed by atoms with Crippen molar-refractivity contribution in [3.05, 3.63) is 34.2 Å². The van der Waals surface area contributed by atoms with Crippen LogP contribution in [0.25, 0.3) is 0 Å². The molecule has 0 amide bonds. The topological polar surface area (TPSA) is 55.9 Å². The van der Waals surface area contributed by atoms with Gasteiger partial charge in [0.15, 0.2) is 5.82 Å². The van der Waals surface area contributed by atoms with Crippen molar-refractivity contribution in [2.24, 2.45) is 7.05 Å². The summed E-state index contributed by atoms with van der Waals surface area (Å²) in [6, 6.07) is 4.83. The van der Waals surface area contributed by atoms with E-state index in [1.165, 1.54) is 6.07 Å². The Morgan fingerprint density at radius 3 is 2.84 bits per heavy atom. The van der Waals surface area contributed by atoms with Gasteiger partial charge < -0.3 is 11.1 Å². The number of nitrogens with one attached hydrogen (secondary N) is 1. The van der Waals surface area contributed by atoms with Gasteiger partial charge in [-0.2, -0.15) is 5.10 Å². The summed E-state index contributed by atoms with van der Waals surface area (Å²) >= 11 is 3.23. The number of hydrogen-bond acceptors (Lipinski definition) is 3. The van der Waals surface area contributed by atoms with E-state index in [0.29, 0.717) is 21.7 Å². The van der Waals surface area contributed by atoms with E-state index in [-0.39, 0.29) is 5.82 Å². The van der Waals surface area contributed by atoms with Crippen LogP contribution in [0.3, 0.4) is 0 Å². The minimum absolute atomic E-state index is 0.341. The highest BCUT2D eigenvalue weighted by Crippen LogP contribution is 2.28. The Bertz CT molecular complexity index is 595. The molecule has 0 aliphatic rings. The summed E-state index contributed by atoms with van der Waals surface area (Å²) in [7, 11) is 1.79. The van der Waals surface area contributed by atoms with Crippen LogP contribution in [0.5, 0.6) is 0 Å². The molecule has 0 aliphatic heterocycles. The number of hydrogen-bond donors (Lipinski definition) is 2. The molecular weight excluding hydrogens is 311 g/mol. The van der Waals surface area contributed by atoms with Crippen molar-refractivity contribution >= 4 is 33.1 Å². The Morgan fingerprint density at radius 1 is 1.47 bits per heavy atom. The van der Waals surface area contributed by atoms with Crippen molar-refractivity contribution in [3.8, 4) is 0 Å². The number of aryl methyl sites for hydroxylation is 2. The van der Waals surface area contributed by atoms with Gasteiger partial charge in [-0.25, -0.2) is 4.39 Å². The highest BCUT2D eigenvalue weighted by molar-refractivity contribution is 9.10. The Hall–Kier alpha value is -1.56. The summed E-state index contributed by atoms with van der Waals surface area (Å²) in [6.07, 6.45) is 1.78. The number of benzene rings is 1. The lowest BCUT2D eigenvalue weighted by atomic mass is 10.2. The molecule has 1 heterocycles. The first-order valence-corrected chi connectivity index (χ1v) is 6.85. The summed E-state index contributed by atoms with van der Waals surface area (Å²) in [6.45, 7) is 2.07. The zero-order valence-electron chi connectivity index (χ0n) is 10.9. The van der Waals surface area contributed by atoms with Crippen LogP contribution in [0.2, 0.25) is 0 Å². The standard InChI is InChI=1S/C13H16BrFN4/c1-3-4-11-12(16)13(19(2)18-11)17-10-6-5-8(14)7-9(10)15/h5-7,17H,3-4,16H2,1-2H3. The predicted octanol–water partition coefficient (Wildman–Crippen LogP) is 3.60. The molecule has 2 rings (SSSR count). The van der Waals surface area contributed by atoms with Crippen LogP contribution in [0, 0.1) is 5.82 Å². The lowest BCUT2D eigenvalue weighted by Crippen LogP contribution is -2.02. The van der Waals surface area contributed by atoms with Gasteiger partial charge in [-0.15, -0.1) is 0 Å². The molecule has 0 unspecified atom stereocenters. The zero-order chi connectivity index (χ0) is 14.0. The van der Waals surface area contributed by atoms with Gasteiger partial charge in [0.05, 0.1) is 17.1 Å². The Labute approximate surface area is 119 Å². The molecule has 1 aromatic heterocycles. The summed E-state index contributed by atoms with van der Waals surface area (Å²) < 4.78 is 16.1. The second-order valence-electron chi connectivity index (χ2n) is 4.33. The molecule has 1 aromatic carbocycles. The molecule has 0 bridgehead atoms. The van der Waals surface area contributed by atoms with E-state index in [1.54, 1.807) is 23.9 Å². The molecule has 6 heteroatoms. The second kappa shape index (κ2) is 5.61. The Balaban J connectivity index is 2.33. The highest BCUT2D eigenvalue weighted by Gasteiger charge is 2.14. The fraction of sp³-hybridized carbons (Fsp3) is 0.308. The van der Waals surface area contributed by atoms with E-state index in [4.69, 9.17) is 5.73 Å². The minimum Gasteiger partial charge on any atom is -0.394 e. The molecule has 0 saturated carbocycles. The first-order valence-electron chi connectivity index (χ1n) is 6.06. The molecule has 4 nitrogen and oxygen atoms in total. The Morgan fingerprint density at radius 2 is 2.21 bits per heavy atom. The molecule has 102 valence electrons. The minimum atomic E-state index is -0.341.